The van der Waals surface area contributed by atoms with Gasteiger partial charge in [0.1, 0.15) is 22.2 Å². The van der Waals surface area contributed by atoms with E-state index in [2.05, 4.69) is 20.3 Å². The van der Waals surface area contributed by atoms with Crippen molar-refractivity contribution in [1.82, 2.24) is 15.0 Å². The molecule has 0 aliphatic carbocycles. The number of pyridine rings is 1. The van der Waals surface area contributed by atoms with Crippen LogP contribution in [0.5, 0.6) is 0 Å². The lowest BCUT2D eigenvalue weighted by atomic mass is 9.94. The van der Waals surface area contributed by atoms with Gasteiger partial charge in [0.15, 0.2) is 11.6 Å². The molecule has 43 heavy (non-hydrogen) atoms. The number of thiophene rings is 1. The van der Waals surface area contributed by atoms with Crippen molar-refractivity contribution in [1.29, 1.82) is 5.26 Å². The maximum Gasteiger partial charge on any atom is 0.412 e. The summed E-state index contributed by atoms with van der Waals surface area (Å²) in [4.78, 5) is 28.0. The number of carbonyl (C=O) groups is 1. The second-order valence-corrected chi connectivity index (χ2v) is 12.9. The van der Waals surface area contributed by atoms with E-state index in [0.717, 1.165) is 17.5 Å². The summed E-state index contributed by atoms with van der Waals surface area (Å²) in [6, 6.07) is 1.91. The van der Waals surface area contributed by atoms with Crippen molar-refractivity contribution in [2.45, 2.75) is 51.7 Å². The van der Waals surface area contributed by atoms with Gasteiger partial charge in [-0.1, -0.05) is 0 Å². The predicted molar refractivity (Wildman–Crippen MR) is 155 cm³/mol. The number of rotatable bonds is 3. The van der Waals surface area contributed by atoms with Crippen LogP contribution in [0.3, 0.4) is 0 Å². The van der Waals surface area contributed by atoms with Gasteiger partial charge >= 0.3 is 6.09 Å². The first-order chi connectivity index (χ1) is 20.6. The minimum atomic E-state index is -0.808. The van der Waals surface area contributed by atoms with Gasteiger partial charge in [-0.3, -0.25) is 10.3 Å². The molecule has 3 N–H and O–H groups in total. The zero-order valence-corrected chi connectivity index (χ0v) is 24.3. The van der Waals surface area contributed by atoms with Crippen molar-refractivity contribution in [3.63, 3.8) is 0 Å². The zero-order valence-electron chi connectivity index (χ0n) is 23.5. The fourth-order valence-corrected chi connectivity index (χ4v) is 7.20. The third-order valence-corrected chi connectivity index (χ3v) is 9.14. The van der Waals surface area contributed by atoms with Crippen LogP contribution in [-0.2, 0) is 27.4 Å². The van der Waals surface area contributed by atoms with E-state index in [-0.39, 0.29) is 68.6 Å². The highest BCUT2D eigenvalue weighted by molar-refractivity contribution is 7.23. The topological polar surface area (TPSA) is 149 Å². The van der Waals surface area contributed by atoms with Crippen LogP contribution in [0, 0.1) is 28.9 Å². The molecule has 11 nitrogen and oxygen atoms in total. The number of halogens is 2. The summed E-state index contributed by atoms with van der Waals surface area (Å²) in [6.07, 6.45) is 1.77. The number of nitrogens with one attached hydrogen (secondary N) is 1. The van der Waals surface area contributed by atoms with Gasteiger partial charge in [-0.2, -0.15) is 5.26 Å². The smallest absolute Gasteiger partial charge is 0.412 e. The number of fused-ring (bicyclic) bond motifs is 5. The van der Waals surface area contributed by atoms with E-state index < -0.39 is 23.3 Å². The third-order valence-electron chi connectivity index (χ3n) is 8.03. The lowest BCUT2D eigenvalue weighted by Gasteiger charge is -2.23. The monoisotopic (exact) mass is 607 g/mol. The Morgan fingerprint density at radius 1 is 1.21 bits per heavy atom. The first kappa shape index (κ1) is 27.8. The van der Waals surface area contributed by atoms with Gasteiger partial charge < -0.3 is 24.8 Å². The summed E-state index contributed by atoms with van der Waals surface area (Å²) in [6.45, 7) is 6.92. The van der Waals surface area contributed by atoms with E-state index in [9.17, 15) is 10.1 Å². The fourth-order valence-electron chi connectivity index (χ4n) is 6.16. The minimum absolute atomic E-state index is 0.00832. The first-order valence-corrected chi connectivity index (χ1v) is 14.6. The van der Waals surface area contributed by atoms with Crippen LogP contribution < -0.4 is 16.0 Å². The zero-order chi connectivity index (χ0) is 30.2. The summed E-state index contributed by atoms with van der Waals surface area (Å²) in [5, 5.41) is 13.3. The Labute approximate surface area is 248 Å². The van der Waals surface area contributed by atoms with Gasteiger partial charge in [0.25, 0.3) is 0 Å². The standard InChI is InChI=1S/C29H27F2N7O4S/c1-29(2,3)42-28(39)37-26-12(4-32)21-24(34-6-17(30)25(21)43-26)20-15-9-40-8-14(15)13-5-35-27(36-23(13)22(20)31)38-7-18(33)16-10-41-11-19(16)38/h5-6,16,18-19H,7-11,33H2,1-3H3,(H,37,39). The van der Waals surface area contributed by atoms with Crippen LogP contribution in [0.25, 0.3) is 32.2 Å². The summed E-state index contributed by atoms with van der Waals surface area (Å²) in [7, 11) is 0. The highest BCUT2D eigenvalue weighted by Crippen LogP contribution is 2.46. The number of nitrogens with zero attached hydrogens (tertiary/aromatic N) is 5. The van der Waals surface area contributed by atoms with Crippen LogP contribution >= 0.6 is 11.3 Å². The molecule has 3 atom stereocenters. The van der Waals surface area contributed by atoms with E-state index in [1.54, 1.807) is 27.0 Å². The molecule has 14 heteroatoms. The number of nitrogens with two attached hydrogens (primary N) is 1. The van der Waals surface area contributed by atoms with Crippen LogP contribution in [0.4, 0.5) is 24.5 Å². The van der Waals surface area contributed by atoms with Crippen molar-refractivity contribution in [3.8, 4) is 17.3 Å². The van der Waals surface area contributed by atoms with Crippen molar-refractivity contribution in [2.24, 2.45) is 11.7 Å². The lowest BCUT2D eigenvalue weighted by Crippen LogP contribution is -2.34. The maximum atomic E-state index is 16.8. The third kappa shape index (κ3) is 4.46. The number of carbonyl (C=O) groups excluding carboxylic acids is 1. The summed E-state index contributed by atoms with van der Waals surface area (Å²) >= 11 is 0.850. The van der Waals surface area contributed by atoms with Gasteiger partial charge in [-0.05, 0) is 31.9 Å². The van der Waals surface area contributed by atoms with Crippen LogP contribution in [0.2, 0.25) is 0 Å². The Kier molecular flexibility index (Phi) is 6.47. The second-order valence-electron chi connectivity index (χ2n) is 11.9. The van der Waals surface area contributed by atoms with Crippen molar-refractivity contribution >= 4 is 49.4 Å². The highest BCUT2D eigenvalue weighted by atomic mass is 32.1. The molecule has 7 rings (SSSR count). The Balaban J connectivity index is 1.41. The molecule has 222 valence electrons. The maximum absolute atomic E-state index is 16.8. The van der Waals surface area contributed by atoms with Crippen LogP contribution in [-0.4, -0.2) is 58.5 Å². The summed E-state index contributed by atoms with van der Waals surface area (Å²) < 4.78 is 48.7. The number of aromatic nitrogens is 3. The second kappa shape index (κ2) is 10.0. The lowest BCUT2D eigenvalue weighted by molar-refractivity contribution is 0.0636. The van der Waals surface area contributed by atoms with Crippen molar-refractivity contribution in [3.05, 3.63) is 40.7 Å². The molecule has 3 aliphatic heterocycles. The quantitative estimate of drug-likeness (QED) is 0.339. The predicted octanol–water partition coefficient (Wildman–Crippen LogP) is 4.60. The van der Waals surface area contributed by atoms with E-state index in [0.29, 0.717) is 42.2 Å². The molecule has 0 radical (unpaired) electrons. The molecular formula is C29H27F2N7O4S. The molecule has 1 aromatic carbocycles. The highest BCUT2D eigenvalue weighted by Gasteiger charge is 2.45. The number of nitriles is 1. The minimum Gasteiger partial charge on any atom is -0.444 e. The van der Waals surface area contributed by atoms with Gasteiger partial charge in [-0.15, -0.1) is 11.3 Å². The van der Waals surface area contributed by atoms with Gasteiger partial charge in [0, 0.05) is 41.0 Å². The Morgan fingerprint density at radius 2 is 2.00 bits per heavy atom. The molecule has 2 fully saturated rings. The van der Waals surface area contributed by atoms with E-state index in [4.69, 9.17) is 19.9 Å². The number of hydrogen-bond acceptors (Lipinski definition) is 11. The van der Waals surface area contributed by atoms with Crippen molar-refractivity contribution < 1.29 is 27.8 Å². The largest absolute Gasteiger partial charge is 0.444 e. The number of hydrogen-bond donors (Lipinski definition) is 2. The van der Waals surface area contributed by atoms with Crippen LogP contribution in [0.1, 0.15) is 37.5 Å². The van der Waals surface area contributed by atoms with E-state index in [1.165, 1.54) is 0 Å². The average Bonchev–Trinajstić information content (AvgIpc) is 3.74. The Bertz CT molecular complexity index is 1870. The molecular weight excluding hydrogens is 580 g/mol. The summed E-state index contributed by atoms with van der Waals surface area (Å²) in [5.41, 5.74) is 6.88. The molecule has 6 heterocycles. The fraction of sp³-hybridized carbons (Fsp3) is 0.414. The molecule has 4 aromatic rings. The molecule has 3 aromatic heterocycles. The molecule has 3 aliphatic rings. The Morgan fingerprint density at radius 3 is 2.77 bits per heavy atom. The number of benzene rings is 1. The van der Waals surface area contributed by atoms with Crippen molar-refractivity contribution in [2.75, 3.05) is 30.0 Å². The molecule has 0 saturated carbocycles. The average molecular weight is 608 g/mol. The van der Waals surface area contributed by atoms with E-state index in [1.807, 2.05) is 11.0 Å². The molecule has 3 unspecified atom stereocenters. The number of ether oxygens (including phenoxy) is 3. The number of anilines is 2. The SMILES string of the molecule is CC(C)(C)OC(=O)Nc1sc2c(F)cnc(-c3c4c(c5cnc(N6CC(N)C7COCC76)nc5c3F)COC4)c2c1C#N. The summed E-state index contributed by atoms with van der Waals surface area (Å²) in [5.74, 6) is -0.937. The Hall–Kier alpha value is -4.03. The van der Waals surface area contributed by atoms with Crippen LogP contribution in [0.15, 0.2) is 12.4 Å². The number of amides is 1. The first-order valence-electron chi connectivity index (χ1n) is 13.7. The molecule has 2 saturated heterocycles. The molecule has 0 bridgehead atoms. The molecule has 0 spiro atoms. The van der Waals surface area contributed by atoms with E-state index >= 15 is 8.78 Å². The normalized spacial score (nSPS) is 21.3. The van der Waals surface area contributed by atoms with Gasteiger partial charge in [-0.25, -0.2) is 23.5 Å². The van der Waals surface area contributed by atoms with Gasteiger partial charge in [0.2, 0.25) is 5.95 Å². The molecule has 1 amide bonds. The van der Waals surface area contributed by atoms with Gasteiger partial charge in [0.05, 0.1) is 54.6 Å².